The molecule has 2 rings (SSSR count). The molecule has 0 aliphatic rings. The van der Waals surface area contributed by atoms with E-state index >= 15 is 0 Å². The Hall–Kier alpha value is -1.87. The SMILES string of the molecule is C/C(=C\S(=O)(=O)c1ccccc1)c1ccc(C)cc1. The Balaban J connectivity index is 2.38. The highest BCUT2D eigenvalue weighted by Crippen LogP contribution is 2.19. The van der Waals surface area contributed by atoms with E-state index in [0.29, 0.717) is 4.90 Å². The molecule has 0 fully saturated rings. The second-order valence-corrected chi connectivity index (χ2v) is 6.32. The van der Waals surface area contributed by atoms with E-state index in [4.69, 9.17) is 0 Å². The number of aryl methyl sites for hydroxylation is 1. The molecule has 0 saturated heterocycles. The highest BCUT2D eigenvalue weighted by Gasteiger charge is 2.11. The molecular formula is C16H16O2S. The average molecular weight is 272 g/mol. The van der Waals surface area contributed by atoms with Crippen LogP contribution in [0.15, 0.2) is 64.9 Å². The number of allylic oxidation sites excluding steroid dienone is 1. The van der Waals surface area contributed by atoms with Crippen molar-refractivity contribution in [1.29, 1.82) is 0 Å². The van der Waals surface area contributed by atoms with Crippen molar-refractivity contribution < 1.29 is 8.42 Å². The standard InChI is InChI=1S/C16H16O2S/c1-13-8-10-15(11-9-13)14(2)12-19(17,18)16-6-4-3-5-7-16/h3-12H,1-2H3/b14-12+. The first-order valence-electron chi connectivity index (χ1n) is 6.04. The molecule has 0 radical (unpaired) electrons. The van der Waals surface area contributed by atoms with Crippen LogP contribution in [0.2, 0.25) is 0 Å². The molecule has 0 bridgehead atoms. The van der Waals surface area contributed by atoms with Gasteiger partial charge >= 0.3 is 0 Å². The van der Waals surface area contributed by atoms with E-state index in [1.807, 2.05) is 38.1 Å². The topological polar surface area (TPSA) is 34.1 Å². The summed E-state index contributed by atoms with van der Waals surface area (Å²) in [5, 5.41) is 1.33. The molecule has 0 N–H and O–H groups in total. The Labute approximate surface area is 114 Å². The summed E-state index contributed by atoms with van der Waals surface area (Å²) in [5.74, 6) is 0. The number of rotatable bonds is 3. The van der Waals surface area contributed by atoms with Crippen LogP contribution >= 0.6 is 0 Å². The van der Waals surface area contributed by atoms with Crippen LogP contribution in [0, 0.1) is 6.92 Å². The van der Waals surface area contributed by atoms with Gasteiger partial charge in [-0.1, -0.05) is 48.0 Å². The van der Waals surface area contributed by atoms with Crippen LogP contribution in [-0.2, 0) is 9.84 Å². The van der Waals surface area contributed by atoms with Crippen molar-refractivity contribution in [2.24, 2.45) is 0 Å². The minimum Gasteiger partial charge on any atom is -0.219 e. The summed E-state index contributed by atoms with van der Waals surface area (Å²) < 4.78 is 24.4. The van der Waals surface area contributed by atoms with Crippen molar-refractivity contribution in [3.05, 3.63) is 71.1 Å². The predicted molar refractivity (Wildman–Crippen MR) is 78.5 cm³/mol. The number of hydrogen-bond acceptors (Lipinski definition) is 2. The molecule has 0 saturated carbocycles. The Morgan fingerprint density at radius 1 is 0.947 bits per heavy atom. The highest BCUT2D eigenvalue weighted by molar-refractivity contribution is 7.94. The van der Waals surface area contributed by atoms with Crippen molar-refractivity contribution in [2.75, 3.05) is 0 Å². The zero-order valence-electron chi connectivity index (χ0n) is 11.0. The maximum Gasteiger partial charge on any atom is 0.200 e. The molecule has 2 aromatic carbocycles. The van der Waals surface area contributed by atoms with Gasteiger partial charge in [-0.2, -0.15) is 0 Å². The van der Waals surface area contributed by atoms with E-state index in [9.17, 15) is 8.42 Å². The molecule has 0 atom stereocenters. The van der Waals surface area contributed by atoms with Gasteiger partial charge in [-0.25, -0.2) is 8.42 Å². The average Bonchev–Trinajstić information content (AvgIpc) is 2.40. The molecule has 0 aliphatic carbocycles. The largest absolute Gasteiger partial charge is 0.219 e. The third kappa shape index (κ3) is 3.32. The van der Waals surface area contributed by atoms with E-state index in [1.165, 1.54) is 5.41 Å². The van der Waals surface area contributed by atoms with Crippen molar-refractivity contribution in [1.82, 2.24) is 0 Å². The molecule has 0 aromatic heterocycles. The van der Waals surface area contributed by atoms with Gasteiger partial charge in [-0.05, 0) is 37.1 Å². The van der Waals surface area contributed by atoms with Crippen molar-refractivity contribution >= 4 is 15.4 Å². The van der Waals surface area contributed by atoms with Crippen LogP contribution in [0.4, 0.5) is 0 Å². The van der Waals surface area contributed by atoms with Gasteiger partial charge in [0.2, 0.25) is 0 Å². The number of benzene rings is 2. The molecule has 98 valence electrons. The lowest BCUT2D eigenvalue weighted by atomic mass is 10.1. The summed E-state index contributed by atoms with van der Waals surface area (Å²) in [7, 11) is -3.38. The molecule has 0 aliphatic heterocycles. The molecule has 0 heterocycles. The summed E-state index contributed by atoms with van der Waals surface area (Å²) in [6, 6.07) is 16.3. The third-order valence-electron chi connectivity index (χ3n) is 2.91. The van der Waals surface area contributed by atoms with E-state index in [-0.39, 0.29) is 0 Å². The number of sulfone groups is 1. The van der Waals surface area contributed by atoms with Gasteiger partial charge in [-0.15, -0.1) is 0 Å². The predicted octanol–water partition coefficient (Wildman–Crippen LogP) is 3.83. The molecule has 3 heteroatoms. The van der Waals surface area contributed by atoms with E-state index < -0.39 is 9.84 Å². The Morgan fingerprint density at radius 2 is 1.53 bits per heavy atom. The molecule has 0 unspecified atom stereocenters. The van der Waals surface area contributed by atoms with E-state index in [1.54, 1.807) is 30.3 Å². The van der Waals surface area contributed by atoms with Crippen LogP contribution in [0.25, 0.3) is 5.57 Å². The Kier molecular flexibility index (Phi) is 3.86. The van der Waals surface area contributed by atoms with Gasteiger partial charge in [0.25, 0.3) is 0 Å². The highest BCUT2D eigenvalue weighted by atomic mass is 32.2. The normalized spacial score (nSPS) is 12.4. The smallest absolute Gasteiger partial charge is 0.200 e. The second kappa shape index (κ2) is 5.41. The first kappa shape index (κ1) is 13.6. The van der Waals surface area contributed by atoms with Crippen molar-refractivity contribution in [3.8, 4) is 0 Å². The monoisotopic (exact) mass is 272 g/mol. The maximum atomic E-state index is 12.2. The Bertz CT molecular complexity index is 681. The summed E-state index contributed by atoms with van der Waals surface area (Å²) in [6.45, 7) is 3.81. The molecule has 0 spiro atoms. The van der Waals surface area contributed by atoms with Crippen LogP contribution in [0.1, 0.15) is 18.1 Å². The summed E-state index contributed by atoms with van der Waals surface area (Å²) in [6.07, 6.45) is 0. The Morgan fingerprint density at radius 3 is 2.11 bits per heavy atom. The molecular weight excluding hydrogens is 256 g/mol. The lowest BCUT2D eigenvalue weighted by Gasteiger charge is -2.04. The fourth-order valence-corrected chi connectivity index (χ4v) is 3.07. The quantitative estimate of drug-likeness (QED) is 0.851. The van der Waals surface area contributed by atoms with Crippen LogP contribution in [0.5, 0.6) is 0 Å². The summed E-state index contributed by atoms with van der Waals surface area (Å²) >= 11 is 0. The summed E-state index contributed by atoms with van der Waals surface area (Å²) in [5.41, 5.74) is 2.82. The fourth-order valence-electron chi connectivity index (χ4n) is 1.80. The molecule has 2 aromatic rings. The van der Waals surface area contributed by atoms with Gasteiger partial charge in [0, 0.05) is 5.41 Å². The zero-order valence-corrected chi connectivity index (χ0v) is 11.8. The second-order valence-electron chi connectivity index (χ2n) is 4.52. The minimum atomic E-state index is -3.38. The summed E-state index contributed by atoms with van der Waals surface area (Å²) in [4.78, 5) is 0.321. The van der Waals surface area contributed by atoms with Crippen LogP contribution in [-0.4, -0.2) is 8.42 Å². The molecule has 2 nitrogen and oxygen atoms in total. The lowest BCUT2D eigenvalue weighted by molar-refractivity contribution is 0.604. The van der Waals surface area contributed by atoms with Crippen LogP contribution < -0.4 is 0 Å². The fraction of sp³-hybridized carbons (Fsp3) is 0.125. The first-order valence-corrected chi connectivity index (χ1v) is 7.59. The van der Waals surface area contributed by atoms with Crippen molar-refractivity contribution in [3.63, 3.8) is 0 Å². The van der Waals surface area contributed by atoms with E-state index in [2.05, 4.69) is 0 Å². The first-order chi connectivity index (χ1) is 8.99. The van der Waals surface area contributed by atoms with Gasteiger partial charge < -0.3 is 0 Å². The lowest BCUT2D eigenvalue weighted by Crippen LogP contribution is -1.97. The molecule has 19 heavy (non-hydrogen) atoms. The third-order valence-corrected chi connectivity index (χ3v) is 4.50. The molecule has 0 amide bonds. The minimum absolute atomic E-state index is 0.321. The van der Waals surface area contributed by atoms with Gasteiger partial charge in [-0.3, -0.25) is 0 Å². The van der Waals surface area contributed by atoms with Gasteiger partial charge in [0.1, 0.15) is 0 Å². The van der Waals surface area contributed by atoms with Crippen LogP contribution in [0.3, 0.4) is 0 Å². The van der Waals surface area contributed by atoms with Crippen molar-refractivity contribution in [2.45, 2.75) is 18.7 Å². The van der Waals surface area contributed by atoms with E-state index in [0.717, 1.165) is 16.7 Å². The number of hydrogen-bond donors (Lipinski definition) is 0. The van der Waals surface area contributed by atoms with Gasteiger partial charge in [0.05, 0.1) is 4.90 Å². The zero-order chi connectivity index (χ0) is 13.9. The maximum absolute atomic E-state index is 12.2. The van der Waals surface area contributed by atoms with Gasteiger partial charge in [0.15, 0.2) is 9.84 Å².